The Bertz CT molecular complexity index is 1210. The highest BCUT2D eigenvalue weighted by Gasteiger charge is 2.23. The lowest BCUT2D eigenvalue weighted by molar-refractivity contribution is -0.394. The summed E-state index contributed by atoms with van der Waals surface area (Å²) in [6.45, 7) is 0. The molecule has 1 N–H and O–H groups in total. The standard InChI is InChI=1S/C16H11N5O8S/c22-15(10-6-11(20(23)24)8-12(7-10)21(25)26)17-16-19-18-14(29-16)9-30(27,28)13-4-2-1-3-5-13/h1-8H,9H2,(H,17,19,22). The molecular weight excluding hydrogens is 422 g/mol. The molecule has 2 aromatic carbocycles. The number of nitrogens with one attached hydrogen (secondary N) is 1. The van der Waals surface area contributed by atoms with Gasteiger partial charge in [-0.15, -0.1) is 5.10 Å². The van der Waals surface area contributed by atoms with E-state index in [2.05, 4.69) is 15.5 Å². The first-order valence-electron chi connectivity index (χ1n) is 8.01. The first-order chi connectivity index (χ1) is 14.2. The van der Waals surface area contributed by atoms with Crippen molar-refractivity contribution < 1.29 is 27.5 Å². The number of hydrogen-bond acceptors (Lipinski definition) is 10. The van der Waals surface area contributed by atoms with Gasteiger partial charge in [-0.3, -0.25) is 30.3 Å². The molecule has 0 aliphatic rings. The Kier molecular flexibility index (Phi) is 5.50. The number of benzene rings is 2. The van der Waals surface area contributed by atoms with E-state index in [9.17, 15) is 33.4 Å². The van der Waals surface area contributed by atoms with Crippen molar-refractivity contribution in [3.05, 3.63) is 80.2 Å². The van der Waals surface area contributed by atoms with Gasteiger partial charge in [0.25, 0.3) is 17.3 Å². The molecule has 0 aliphatic heterocycles. The molecule has 0 bridgehead atoms. The Labute approximate surface area is 167 Å². The molecular formula is C16H11N5O8S. The Hall–Kier alpha value is -4.20. The van der Waals surface area contributed by atoms with E-state index >= 15 is 0 Å². The normalized spacial score (nSPS) is 11.1. The van der Waals surface area contributed by atoms with E-state index in [1.54, 1.807) is 18.2 Å². The lowest BCUT2D eigenvalue weighted by Gasteiger charge is -2.02. The molecule has 0 radical (unpaired) electrons. The van der Waals surface area contributed by atoms with Crippen molar-refractivity contribution in [2.24, 2.45) is 0 Å². The number of carbonyl (C=O) groups excluding carboxylic acids is 1. The van der Waals surface area contributed by atoms with Gasteiger partial charge in [0.2, 0.25) is 5.89 Å². The maximum atomic E-state index is 12.3. The van der Waals surface area contributed by atoms with Crippen molar-refractivity contribution in [3.63, 3.8) is 0 Å². The van der Waals surface area contributed by atoms with E-state index < -0.39 is 54.3 Å². The number of nitrogens with zero attached hydrogens (tertiary/aromatic N) is 4. The summed E-state index contributed by atoms with van der Waals surface area (Å²) in [7, 11) is -3.77. The monoisotopic (exact) mass is 433 g/mol. The van der Waals surface area contributed by atoms with Crippen LogP contribution in [0.15, 0.2) is 57.8 Å². The van der Waals surface area contributed by atoms with Gasteiger partial charge in [-0.05, 0) is 12.1 Å². The van der Waals surface area contributed by atoms with Crippen molar-refractivity contribution in [1.82, 2.24) is 10.2 Å². The molecule has 14 heteroatoms. The molecule has 1 amide bonds. The Morgan fingerprint density at radius 1 is 1.00 bits per heavy atom. The van der Waals surface area contributed by atoms with Crippen LogP contribution in [0.3, 0.4) is 0 Å². The maximum Gasteiger partial charge on any atom is 0.322 e. The molecule has 0 spiro atoms. The van der Waals surface area contributed by atoms with E-state index in [0.717, 1.165) is 12.1 Å². The quantitative estimate of drug-likeness (QED) is 0.426. The second-order valence-corrected chi connectivity index (χ2v) is 7.77. The van der Waals surface area contributed by atoms with Crippen molar-refractivity contribution in [3.8, 4) is 0 Å². The minimum atomic E-state index is -3.77. The van der Waals surface area contributed by atoms with Crippen LogP contribution >= 0.6 is 0 Å². The topological polar surface area (TPSA) is 188 Å². The van der Waals surface area contributed by atoms with Gasteiger partial charge in [0.15, 0.2) is 9.84 Å². The average molecular weight is 433 g/mol. The fraction of sp³-hybridized carbons (Fsp3) is 0.0625. The number of anilines is 1. The second-order valence-electron chi connectivity index (χ2n) is 5.78. The summed E-state index contributed by atoms with van der Waals surface area (Å²) in [6, 6.07) is 9.42. The Balaban J connectivity index is 1.79. The molecule has 0 atom stereocenters. The lowest BCUT2D eigenvalue weighted by atomic mass is 10.1. The van der Waals surface area contributed by atoms with Crippen molar-refractivity contribution in [2.45, 2.75) is 10.6 Å². The van der Waals surface area contributed by atoms with Gasteiger partial charge in [-0.1, -0.05) is 23.3 Å². The number of aromatic nitrogens is 2. The molecule has 30 heavy (non-hydrogen) atoms. The van der Waals surface area contributed by atoms with Crippen LogP contribution in [-0.2, 0) is 15.6 Å². The Morgan fingerprint density at radius 3 is 2.17 bits per heavy atom. The molecule has 3 aromatic rings. The highest BCUT2D eigenvalue weighted by atomic mass is 32.2. The van der Waals surface area contributed by atoms with E-state index in [1.165, 1.54) is 12.1 Å². The van der Waals surface area contributed by atoms with Crippen LogP contribution in [0.5, 0.6) is 0 Å². The minimum absolute atomic E-state index is 0.0395. The fourth-order valence-corrected chi connectivity index (χ4v) is 3.52. The smallest absolute Gasteiger partial charge is 0.322 e. The number of hydrogen-bond donors (Lipinski definition) is 1. The van der Waals surface area contributed by atoms with Gasteiger partial charge in [-0.2, -0.15) is 0 Å². The number of non-ortho nitro benzene ring substituents is 2. The molecule has 3 rings (SSSR count). The summed E-state index contributed by atoms with van der Waals surface area (Å²) in [5.74, 6) is -1.93. The number of rotatable bonds is 7. The highest BCUT2D eigenvalue weighted by molar-refractivity contribution is 7.90. The molecule has 13 nitrogen and oxygen atoms in total. The number of amides is 1. The third-order valence-electron chi connectivity index (χ3n) is 3.69. The maximum absolute atomic E-state index is 12.3. The summed E-state index contributed by atoms with van der Waals surface area (Å²) < 4.78 is 29.7. The van der Waals surface area contributed by atoms with Crippen LogP contribution in [0, 0.1) is 20.2 Å². The number of nitro groups is 2. The van der Waals surface area contributed by atoms with E-state index in [-0.39, 0.29) is 10.8 Å². The van der Waals surface area contributed by atoms with Gasteiger partial charge in [0.1, 0.15) is 5.75 Å². The van der Waals surface area contributed by atoms with Crippen molar-refractivity contribution >= 4 is 33.1 Å². The van der Waals surface area contributed by atoms with Crippen LogP contribution in [0.25, 0.3) is 0 Å². The van der Waals surface area contributed by atoms with Crippen LogP contribution in [0.4, 0.5) is 17.4 Å². The molecule has 154 valence electrons. The molecule has 0 saturated carbocycles. The first kappa shape index (κ1) is 20.5. The number of nitro benzene ring substituents is 2. The summed E-state index contributed by atoms with van der Waals surface area (Å²) in [6.07, 6.45) is 0. The second kappa shape index (κ2) is 8.04. The summed E-state index contributed by atoms with van der Waals surface area (Å²) in [4.78, 5) is 32.4. The van der Waals surface area contributed by atoms with Gasteiger partial charge in [0.05, 0.1) is 26.4 Å². The minimum Gasteiger partial charge on any atom is -0.407 e. The van der Waals surface area contributed by atoms with Crippen molar-refractivity contribution in [1.29, 1.82) is 0 Å². The van der Waals surface area contributed by atoms with Crippen LogP contribution in [0.1, 0.15) is 16.2 Å². The third kappa shape index (κ3) is 4.61. The molecule has 1 aromatic heterocycles. The zero-order valence-electron chi connectivity index (χ0n) is 14.8. The number of carbonyl (C=O) groups is 1. The van der Waals surface area contributed by atoms with Gasteiger partial charge in [-0.25, -0.2) is 8.42 Å². The zero-order chi connectivity index (χ0) is 21.9. The predicted octanol–water partition coefficient (Wildman–Crippen LogP) is 2.11. The van der Waals surface area contributed by atoms with Gasteiger partial charge in [0, 0.05) is 12.1 Å². The van der Waals surface area contributed by atoms with Gasteiger partial charge >= 0.3 is 6.01 Å². The van der Waals surface area contributed by atoms with Gasteiger partial charge < -0.3 is 4.42 Å². The SMILES string of the molecule is O=C(Nc1nnc(CS(=O)(=O)c2ccccc2)o1)c1cc([N+](=O)[O-])cc([N+](=O)[O-])c1. The molecule has 0 fully saturated rings. The molecule has 0 saturated heterocycles. The Morgan fingerprint density at radius 2 is 1.60 bits per heavy atom. The van der Waals surface area contributed by atoms with E-state index in [0.29, 0.717) is 6.07 Å². The third-order valence-corrected chi connectivity index (χ3v) is 5.31. The number of sulfone groups is 1. The average Bonchev–Trinajstić information content (AvgIpc) is 3.14. The molecule has 0 aliphatic carbocycles. The predicted molar refractivity (Wildman–Crippen MR) is 99.3 cm³/mol. The van der Waals surface area contributed by atoms with Crippen molar-refractivity contribution in [2.75, 3.05) is 5.32 Å². The zero-order valence-corrected chi connectivity index (χ0v) is 15.6. The summed E-state index contributed by atoms with van der Waals surface area (Å²) in [5.41, 5.74) is -1.71. The highest BCUT2D eigenvalue weighted by Crippen LogP contribution is 2.23. The largest absolute Gasteiger partial charge is 0.407 e. The first-order valence-corrected chi connectivity index (χ1v) is 9.66. The summed E-state index contributed by atoms with van der Waals surface area (Å²) >= 11 is 0. The van der Waals surface area contributed by atoms with Crippen LogP contribution < -0.4 is 5.32 Å². The van der Waals surface area contributed by atoms with E-state index in [1.807, 2.05) is 0 Å². The van der Waals surface area contributed by atoms with E-state index in [4.69, 9.17) is 4.42 Å². The molecule has 1 heterocycles. The lowest BCUT2D eigenvalue weighted by Crippen LogP contribution is -2.13. The fourth-order valence-electron chi connectivity index (χ4n) is 2.34. The van der Waals surface area contributed by atoms with Crippen LogP contribution in [-0.4, -0.2) is 34.4 Å². The molecule has 0 unspecified atom stereocenters. The summed E-state index contributed by atoms with van der Waals surface area (Å²) in [5, 5.41) is 31.0. The van der Waals surface area contributed by atoms with Crippen LogP contribution in [0.2, 0.25) is 0 Å².